The van der Waals surface area contributed by atoms with Gasteiger partial charge in [-0.15, -0.1) is 24.0 Å². The molecule has 1 saturated carbocycles. The van der Waals surface area contributed by atoms with Gasteiger partial charge in [0.15, 0.2) is 5.96 Å². The summed E-state index contributed by atoms with van der Waals surface area (Å²) in [6.07, 6.45) is 3.91. The second-order valence-corrected chi connectivity index (χ2v) is 6.76. The molecule has 1 heterocycles. The molecule has 0 aromatic heterocycles. The fourth-order valence-electron chi connectivity index (χ4n) is 3.56. The van der Waals surface area contributed by atoms with Crippen LogP contribution in [0.5, 0.6) is 5.75 Å². The van der Waals surface area contributed by atoms with Gasteiger partial charge in [-0.25, -0.2) is 0 Å². The minimum Gasteiger partial charge on any atom is -0.497 e. The van der Waals surface area contributed by atoms with Crippen molar-refractivity contribution >= 4 is 35.6 Å². The molecule has 1 aromatic carbocycles. The zero-order valence-corrected chi connectivity index (χ0v) is 17.9. The second kappa shape index (κ2) is 9.50. The van der Waals surface area contributed by atoms with Crippen LogP contribution in [0.25, 0.3) is 0 Å². The molecule has 2 fully saturated rings. The summed E-state index contributed by atoms with van der Waals surface area (Å²) in [6, 6.07) is 8.96. The van der Waals surface area contributed by atoms with E-state index in [4.69, 9.17) is 4.74 Å². The third-order valence-corrected chi connectivity index (χ3v) is 5.11. The molecule has 0 bridgehead atoms. The quantitative estimate of drug-likeness (QED) is 0.418. The summed E-state index contributed by atoms with van der Waals surface area (Å²) in [5.41, 5.74) is 1.24. The largest absolute Gasteiger partial charge is 0.497 e. The Morgan fingerprint density at radius 2 is 2.04 bits per heavy atom. The lowest BCUT2D eigenvalue weighted by Crippen LogP contribution is -2.53. The van der Waals surface area contributed by atoms with Gasteiger partial charge >= 0.3 is 0 Å². The van der Waals surface area contributed by atoms with E-state index in [2.05, 4.69) is 45.2 Å². The van der Waals surface area contributed by atoms with Crippen molar-refractivity contribution in [2.75, 3.05) is 45.2 Å². The van der Waals surface area contributed by atoms with Crippen molar-refractivity contribution in [3.63, 3.8) is 0 Å². The van der Waals surface area contributed by atoms with Crippen LogP contribution in [0.2, 0.25) is 0 Å². The standard InChI is InChI=1S/C19H30N4O.HI/c1-4-6-15-13-18(15)21-19(20-2)23-11-9-22(10-12-23)16-7-5-8-17(14-16)24-3;/h5,7-8,14-15,18H,4,6,9-13H2,1-3H3,(H,20,21);1H. The van der Waals surface area contributed by atoms with Crippen molar-refractivity contribution in [2.45, 2.75) is 32.2 Å². The van der Waals surface area contributed by atoms with Gasteiger partial charge in [0.05, 0.1) is 7.11 Å². The van der Waals surface area contributed by atoms with E-state index < -0.39 is 0 Å². The predicted octanol–water partition coefficient (Wildman–Crippen LogP) is 3.20. The number of rotatable bonds is 5. The fourth-order valence-corrected chi connectivity index (χ4v) is 3.56. The number of aliphatic imine (C=N–C) groups is 1. The molecular weight excluding hydrogens is 427 g/mol. The molecule has 0 amide bonds. The van der Waals surface area contributed by atoms with Crippen molar-refractivity contribution in [1.29, 1.82) is 0 Å². The van der Waals surface area contributed by atoms with E-state index in [-0.39, 0.29) is 24.0 Å². The van der Waals surface area contributed by atoms with Crippen molar-refractivity contribution in [3.8, 4) is 5.75 Å². The Hall–Kier alpha value is -1.18. The van der Waals surface area contributed by atoms with E-state index in [1.165, 1.54) is 24.9 Å². The van der Waals surface area contributed by atoms with Gasteiger partial charge in [0.1, 0.15) is 5.75 Å². The molecular formula is C19H31IN4O. The summed E-state index contributed by atoms with van der Waals surface area (Å²) in [6.45, 7) is 6.29. The number of benzene rings is 1. The minimum absolute atomic E-state index is 0. The van der Waals surface area contributed by atoms with Crippen LogP contribution in [0, 0.1) is 5.92 Å². The number of methoxy groups -OCH3 is 1. The maximum Gasteiger partial charge on any atom is 0.193 e. The Kier molecular flexibility index (Phi) is 7.65. The third-order valence-electron chi connectivity index (χ3n) is 5.11. The molecule has 5 nitrogen and oxygen atoms in total. The summed E-state index contributed by atoms with van der Waals surface area (Å²) < 4.78 is 5.34. The molecule has 1 saturated heterocycles. The molecule has 1 aliphatic heterocycles. The van der Waals surface area contributed by atoms with Crippen LogP contribution in [0.3, 0.4) is 0 Å². The molecule has 2 aliphatic rings. The lowest BCUT2D eigenvalue weighted by Gasteiger charge is -2.37. The van der Waals surface area contributed by atoms with Gasteiger partial charge in [-0.1, -0.05) is 19.4 Å². The first kappa shape index (κ1) is 20.1. The molecule has 2 unspecified atom stereocenters. The lowest BCUT2D eigenvalue weighted by atomic mass is 10.2. The molecule has 25 heavy (non-hydrogen) atoms. The Labute approximate surface area is 168 Å². The smallest absolute Gasteiger partial charge is 0.193 e. The normalized spacial score (nSPS) is 23.1. The number of hydrogen-bond donors (Lipinski definition) is 1. The van der Waals surface area contributed by atoms with Crippen molar-refractivity contribution in [1.82, 2.24) is 10.2 Å². The Balaban J connectivity index is 0.00000225. The van der Waals surface area contributed by atoms with Gasteiger partial charge in [-0.3, -0.25) is 4.99 Å². The molecule has 1 aliphatic carbocycles. The number of ether oxygens (including phenoxy) is 1. The second-order valence-electron chi connectivity index (χ2n) is 6.76. The van der Waals surface area contributed by atoms with Crippen LogP contribution in [-0.4, -0.2) is 57.2 Å². The highest BCUT2D eigenvalue weighted by Gasteiger charge is 2.37. The summed E-state index contributed by atoms with van der Waals surface area (Å²) in [5, 5.41) is 3.66. The number of piperazine rings is 1. The minimum atomic E-state index is 0. The zero-order chi connectivity index (χ0) is 16.9. The molecule has 1 N–H and O–H groups in total. The van der Waals surface area contributed by atoms with Gasteiger partial charge in [-0.05, 0) is 30.9 Å². The zero-order valence-electron chi connectivity index (χ0n) is 15.6. The van der Waals surface area contributed by atoms with Crippen LogP contribution < -0.4 is 15.0 Å². The summed E-state index contributed by atoms with van der Waals surface area (Å²) in [5.74, 6) is 2.84. The van der Waals surface area contributed by atoms with Crippen LogP contribution in [0.1, 0.15) is 26.2 Å². The van der Waals surface area contributed by atoms with E-state index in [9.17, 15) is 0 Å². The summed E-state index contributed by atoms with van der Waals surface area (Å²) in [7, 11) is 3.62. The SMILES string of the molecule is CCCC1CC1NC(=NC)N1CCN(c2cccc(OC)c2)CC1.I. The van der Waals surface area contributed by atoms with Crippen LogP contribution in [-0.2, 0) is 0 Å². The van der Waals surface area contributed by atoms with Gasteiger partial charge in [-0.2, -0.15) is 0 Å². The first-order chi connectivity index (χ1) is 11.7. The summed E-state index contributed by atoms with van der Waals surface area (Å²) >= 11 is 0. The van der Waals surface area contributed by atoms with Crippen molar-refractivity contribution in [3.05, 3.63) is 24.3 Å². The van der Waals surface area contributed by atoms with E-state index >= 15 is 0 Å². The highest BCUT2D eigenvalue weighted by molar-refractivity contribution is 14.0. The Morgan fingerprint density at radius 1 is 1.28 bits per heavy atom. The number of hydrogen-bond acceptors (Lipinski definition) is 3. The van der Waals surface area contributed by atoms with Crippen molar-refractivity contribution in [2.24, 2.45) is 10.9 Å². The van der Waals surface area contributed by atoms with E-state index in [1.807, 2.05) is 13.1 Å². The Bertz CT molecular complexity index is 572. The van der Waals surface area contributed by atoms with Crippen LogP contribution >= 0.6 is 24.0 Å². The molecule has 0 radical (unpaired) electrons. The number of nitrogens with one attached hydrogen (secondary N) is 1. The third kappa shape index (κ3) is 5.15. The van der Waals surface area contributed by atoms with Gasteiger partial charge in [0.2, 0.25) is 0 Å². The number of nitrogens with zero attached hydrogens (tertiary/aromatic N) is 3. The molecule has 2 atom stereocenters. The van der Waals surface area contributed by atoms with Gasteiger partial charge in [0.25, 0.3) is 0 Å². The highest BCUT2D eigenvalue weighted by atomic mass is 127. The van der Waals surface area contributed by atoms with Crippen LogP contribution in [0.15, 0.2) is 29.3 Å². The van der Waals surface area contributed by atoms with Gasteiger partial charge < -0.3 is 19.9 Å². The van der Waals surface area contributed by atoms with E-state index in [0.29, 0.717) is 6.04 Å². The molecule has 140 valence electrons. The molecule has 1 aromatic rings. The molecule has 6 heteroatoms. The van der Waals surface area contributed by atoms with Gasteiger partial charge in [0, 0.05) is 51.0 Å². The maximum atomic E-state index is 5.34. The Morgan fingerprint density at radius 3 is 2.68 bits per heavy atom. The van der Waals surface area contributed by atoms with E-state index in [1.54, 1.807) is 7.11 Å². The van der Waals surface area contributed by atoms with E-state index in [0.717, 1.165) is 43.8 Å². The molecule has 0 spiro atoms. The highest BCUT2D eigenvalue weighted by Crippen LogP contribution is 2.34. The van der Waals surface area contributed by atoms with Crippen molar-refractivity contribution < 1.29 is 4.74 Å². The monoisotopic (exact) mass is 458 g/mol. The number of guanidine groups is 1. The average molecular weight is 458 g/mol. The predicted molar refractivity (Wildman–Crippen MR) is 115 cm³/mol. The van der Waals surface area contributed by atoms with Crippen LogP contribution in [0.4, 0.5) is 5.69 Å². The average Bonchev–Trinajstić information content (AvgIpc) is 3.38. The summed E-state index contributed by atoms with van der Waals surface area (Å²) in [4.78, 5) is 9.31. The molecule has 3 rings (SSSR count). The number of halogens is 1. The first-order valence-corrected chi connectivity index (χ1v) is 9.12. The lowest BCUT2D eigenvalue weighted by molar-refractivity contribution is 0.370. The number of anilines is 1. The topological polar surface area (TPSA) is 40.1 Å². The fraction of sp³-hybridized carbons (Fsp3) is 0.632. The maximum absolute atomic E-state index is 5.34. The first-order valence-electron chi connectivity index (χ1n) is 9.12.